The van der Waals surface area contributed by atoms with Gasteiger partial charge in [-0.2, -0.15) is 0 Å². The second kappa shape index (κ2) is 8.25. The SMILES string of the molecule is CO[C@H](CN1CCN(Cc2ccccc2)CC1)c1ccccc1. The van der Waals surface area contributed by atoms with E-state index in [9.17, 15) is 0 Å². The van der Waals surface area contributed by atoms with E-state index in [2.05, 4.69) is 70.5 Å². The summed E-state index contributed by atoms with van der Waals surface area (Å²) in [6.45, 7) is 6.50. The number of rotatable bonds is 6. The number of ether oxygens (including phenoxy) is 1. The molecule has 0 spiro atoms. The molecule has 1 aliphatic heterocycles. The molecule has 0 unspecified atom stereocenters. The van der Waals surface area contributed by atoms with Crippen molar-refractivity contribution in [1.82, 2.24) is 9.80 Å². The third kappa shape index (κ3) is 4.64. The molecule has 0 radical (unpaired) electrons. The Labute approximate surface area is 139 Å². The van der Waals surface area contributed by atoms with Crippen LogP contribution in [0.1, 0.15) is 17.2 Å². The Morgan fingerprint density at radius 2 is 1.39 bits per heavy atom. The van der Waals surface area contributed by atoms with Gasteiger partial charge >= 0.3 is 0 Å². The van der Waals surface area contributed by atoms with Crippen LogP contribution in [0.3, 0.4) is 0 Å². The van der Waals surface area contributed by atoms with Crippen LogP contribution in [0.4, 0.5) is 0 Å². The maximum absolute atomic E-state index is 5.71. The molecule has 0 aromatic heterocycles. The number of benzene rings is 2. The van der Waals surface area contributed by atoms with Gasteiger partial charge in [-0.25, -0.2) is 0 Å². The lowest BCUT2D eigenvalue weighted by Gasteiger charge is -2.36. The number of piperazine rings is 1. The fourth-order valence-corrected chi connectivity index (χ4v) is 3.19. The topological polar surface area (TPSA) is 15.7 Å². The van der Waals surface area contributed by atoms with Crippen molar-refractivity contribution in [3.8, 4) is 0 Å². The maximum Gasteiger partial charge on any atom is 0.0947 e. The van der Waals surface area contributed by atoms with Gasteiger partial charge in [0, 0.05) is 46.4 Å². The van der Waals surface area contributed by atoms with Crippen LogP contribution in [0.25, 0.3) is 0 Å². The number of hydrogen-bond acceptors (Lipinski definition) is 3. The molecule has 0 N–H and O–H groups in total. The first kappa shape index (κ1) is 16.2. The maximum atomic E-state index is 5.71. The molecule has 2 aromatic rings. The summed E-state index contributed by atoms with van der Waals surface area (Å²) < 4.78 is 5.71. The predicted molar refractivity (Wildman–Crippen MR) is 94.4 cm³/mol. The largest absolute Gasteiger partial charge is 0.375 e. The third-order valence-electron chi connectivity index (χ3n) is 4.59. The van der Waals surface area contributed by atoms with Crippen molar-refractivity contribution in [3.05, 3.63) is 71.8 Å². The second-order valence-corrected chi connectivity index (χ2v) is 6.20. The van der Waals surface area contributed by atoms with Crippen molar-refractivity contribution in [1.29, 1.82) is 0 Å². The summed E-state index contributed by atoms with van der Waals surface area (Å²) in [5.41, 5.74) is 2.67. The van der Waals surface area contributed by atoms with Crippen LogP contribution in [0, 0.1) is 0 Å². The molecule has 0 amide bonds. The quantitative estimate of drug-likeness (QED) is 0.815. The van der Waals surface area contributed by atoms with Crippen LogP contribution in [0.2, 0.25) is 0 Å². The van der Waals surface area contributed by atoms with E-state index in [1.807, 2.05) is 7.11 Å². The van der Waals surface area contributed by atoms with Crippen molar-refractivity contribution >= 4 is 0 Å². The van der Waals surface area contributed by atoms with Crippen LogP contribution in [0.15, 0.2) is 60.7 Å². The molecule has 3 nitrogen and oxygen atoms in total. The van der Waals surface area contributed by atoms with Crippen molar-refractivity contribution < 1.29 is 4.74 Å². The van der Waals surface area contributed by atoms with Crippen LogP contribution >= 0.6 is 0 Å². The standard InChI is InChI=1S/C20H26N2O/c1-23-20(19-10-6-3-7-11-19)17-22-14-12-21(13-15-22)16-18-8-4-2-5-9-18/h2-11,20H,12-17H2,1H3/t20-/m1/s1. The Balaban J connectivity index is 1.49. The number of nitrogens with zero attached hydrogens (tertiary/aromatic N) is 2. The Morgan fingerprint density at radius 3 is 2.00 bits per heavy atom. The number of hydrogen-bond donors (Lipinski definition) is 0. The van der Waals surface area contributed by atoms with Gasteiger partial charge in [0.05, 0.1) is 6.10 Å². The molecule has 2 aromatic carbocycles. The van der Waals surface area contributed by atoms with Gasteiger partial charge in [0.1, 0.15) is 0 Å². The Hall–Kier alpha value is -1.68. The molecular weight excluding hydrogens is 284 g/mol. The van der Waals surface area contributed by atoms with Crippen molar-refractivity contribution in [2.45, 2.75) is 12.6 Å². The Bertz CT molecular complexity index is 565. The average Bonchev–Trinajstić information content (AvgIpc) is 2.63. The van der Waals surface area contributed by atoms with E-state index in [0.29, 0.717) is 0 Å². The summed E-state index contributed by atoms with van der Waals surface area (Å²) in [4.78, 5) is 5.05. The minimum absolute atomic E-state index is 0.164. The molecule has 3 heteroatoms. The lowest BCUT2D eigenvalue weighted by Crippen LogP contribution is -2.47. The second-order valence-electron chi connectivity index (χ2n) is 6.20. The van der Waals surface area contributed by atoms with Crippen LogP contribution in [0.5, 0.6) is 0 Å². The molecule has 3 rings (SSSR count). The van der Waals surface area contributed by atoms with Gasteiger partial charge in [-0.3, -0.25) is 9.80 Å². The third-order valence-corrected chi connectivity index (χ3v) is 4.59. The van der Waals surface area contributed by atoms with E-state index < -0.39 is 0 Å². The summed E-state index contributed by atoms with van der Waals surface area (Å²) >= 11 is 0. The first-order chi connectivity index (χ1) is 11.3. The van der Waals surface area contributed by atoms with Gasteiger partial charge in [0.15, 0.2) is 0 Å². The highest BCUT2D eigenvalue weighted by Gasteiger charge is 2.20. The van der Waals surface area contributed by atoms with E-state index in [1.54, 1.807) is 0 Å². The lowest BCUT2D eigenvalue weighted by atomic mass is 10.1. The zero-order chi connectivity index (χ0) is 15.9. The van der Waals surface area contributed by atoms with Gasteiger partial charge in [-0.05, 0) is 11.1 Å². The zero-order valence-electron chi connectivity index (χ0n) is 13.9. The van der Waals surface area contributed by atoms with E-state index in [4.69, 9.17) is 4.74 Å². The fourth-order valence-electron chi connectivity index (χ4n) is 3.19. The lowest BCUT2D eigenvalue weighted by molar-refractivity contribution is 0.0406. The van der Waals surface area contributed by atoms with Gasteiger partial charge in [0.2, 0.25) is 0 Å². The molecule has 23 heavy (non-hydrogen) atoms. The van der Waals surface area contributed by atoms with Crippen molar-refractivity contribution in [2.24, 2.45) is 0 Å². The van der Waals surface area contributed by atoms with Gasteiger partial charge in [0.25, 0.3) is 0 Å². The number of methoxy groups -OCH3 is 1. The van der Waals surface area contributed by atoms with E-state index in [1.165, 1.54) is 11.1 Å². The minimum atomic E-state index is 0.164. The molecule has 1 atom stereocenters. The van der Waals surface area contributed by atoms with Crippen LogP contribution in [-0.4, -0.2) is 49.6 Å². The van der Waals surface area contributed by atoms with Crippen molar-refractivity contribution in [3.63, 3.8) is 0 Å². The first-order valence-corrected chi connectivity index (χ1v) is 8.41. The Kier molecular flexibility index (Phi) is 5.81. The summed E-state index contributed by atoms with van der Waals surface area (Å²) in [6.07, 6.45) is 0.164. The predicted octanol–water partition coefficient (Wildman–Crippen LogP) is 3.19. The summed E-state index contributed by atoms with van der Waals surface area (Å²) in [6, 6.07) is 21.3. The van der Waals surface area contributed by atoms with E-state index >= 15 is 0 Å². The molecule has 0 saturated carbocycles. The molecule has 1 heterocycles. The average molecular weight is 310 g/mol. The minimum Gasteiger partial charge on any atom is -0.375 e. The molecule has 1 aliphatic rings. The zero-order valence-corrected chi connectivity index (χ0v) is 13.9. The van der Waals surface area contributed by atoms with Crippen LogP contribution < -0.4 is 0 Å². The first-order valence-electron chi connectivity index (χ1n) is 8.41. The van der Waals surface area contributed by atoms with E-state index in [0.717, 1.165) is 39.3 Å². The summed E-state index contributed by atoms with van der Waals surface area (Å²) in [5.74, 6) is 0. The van der Waals surface area contributed by atoms with Crippen LogP contribution in [-0.2, 0) is 11.3 Å². The molecule has 122 valence electrons. The van der Waals surface area contributed by atoms with Gasteiger partial charge < -0.3 is 4.74 Å². The molecular formula is C20H26N2O. The van der Waals surface area contributed by atoms with Gasteiger partial charge in [-0.15, -0.1) is 0 Å². The highest BCUT2D eigenvalue weighted by Crippen LogP contribution is 2.19. The smallest absolute Gasteiger partial charge is 0.0947 e. The highest BCUT2D eigenvalue weighted by molar-refractivity contribution is 5.18. The normalized spacial score (nSPS) is 18.0. The molecule has 1 saturated heterocycles. The summed E-state index contributed by atoms with van der Waals surface area (Å²) in [7, 11) is 1.81. The Morgan fingerprint density at radius 1 is 0.826 bits per heavy atom. The van der Waals surface area contributed by atoms with E-state index in [-0.39, 0.29) is 6.10 Å². The van der Waals surface area contributed by atoms with Gasteiger partial charge in [-0.1, -0.05) is 60.7 Å². The molecule has 0 aliphatic carbocycles. The molecule has 0 bridgehead atoms. The van der Waals surface area contributed by atoms with Crippen molar-refractivity contribution in [2.75, 3.05) is 39.8 Å². The monoisotopic (exact) mass is 310 g/mol. The fraction of sp³-hybridized carbons (Fsp3) is 0.400. The molecule has 1 fully saturated rings. The highest BCUT2D eigenvalue weighted by atomic mass is 16.5. The summed E-state index contributed by atoms with van der Waals surface area (Å²) in [5, 5.41) is 0.